The topological polar surface area (TPSA) is 75.9 Å². The van der Waals surface area contributed by atoms with Gasteiger partial charge in [-0.05, 0) is 24.6 Å². The number of halogens is 2. The molecule has 0 saturated carbocycles. The second-order valence-electron chi connectivity index (χ2n) is 4.56. The highest BCUT2D eigenvalue weighted by Crippen LogP contribution is 2.21. The standard InChI is InChI=1S/C14H17ClFN5/c1-3-12-19-13(8(2)14(20-12)21-17)18-7-9-4-5-11(16)10(15)6-9/h4-6H,3,7,17H2,1-2H3,(H2,18,19,20,21). The highest BCUT2D eigenvalue weighted by molar-refractivity contribution is 6.30. The molecule has 0 saturated heterocycles. The molecule has 0 spiro atoms. The van der Waals surface area contributed by atoms with E-state index >= 15 is 0 Å². The Bertz CT molecular complexity index is 648. The molecule has 2 aromatic rings. The Balaban J connectivity index is 2.20. The molecule has 0 unspecified atom stereocenters. The minimum Gasteiger partial charge on any atom is -0.366 e. The van der Waals surface area contributed by atoms with Gasteiger partial charge >= 0.3 is 0 Å². The zero-order valence-corrected chi connectivity index (χ0v) is 12.6. The molecule has 0 fully saturated rings. The van der Waals surface area contributed by atoms with E-state index in [1.807, 2.05) is 13.8 Å². The van der Waals surface area contributed by atoms with Gasteiger partial charge in [-0.15, -0.1) is 0 Å². The first-order chi connectivity index (χ1) is 10.0. The Labute approximate surface area is 127 Å². The largest absolute Gasteiger partial charge is 0.366 e. The van der Waals surface area contributed by atoms with Gasteiger partial charge in [0.2, 0.25) is 0 Å². The molecule has 2 rings (SSSR count). The molecule has 21 heavy (non-hydrogen) atoms. The average Bonchev–Trinajstić information content (AvgIpc) is 2.49. The van der Waals surface area contributed by atoms with Crippen molar-refractivity contribution in [2.45, 2.75) is 26.8 Å². The van der Waals surface area contributed by atoms with Crippen molar-refractivity contribution in [3.8, 4) is 0 Å². The van der Waals surface area contributed by atoms with Crippen LogP contribution in [0.4, 0.5) is 16.0 Å². The van der Waals surface area contributed by atoms with Crippen LogP contribution in [0.3, 0.4) is 0 Å². The molecule has 0 aliphatic rings. The van der Waals surface area contributed by atoms with Crippen molar-refractivity contribution in [3.05, 3.63) is 46.0 Å². The third-order valence-corrected chi connectivity index (χ3v) is 3.38. The van der Waals surface area contributed by atoms with Crippen molar-refractivity contribution in [2.75, 3.05) is 10.7 Å². The number of nitrogens with two attached hydrogens (primary N) is 1. The van der Waals surface area contributed by atoms with Gasteiger partial charge in [0.15, 0.2) is 0 Å². The first-order valence-electron chi connectivity index (χ1n) is 6.57. The van der Waals surface area contributed by atoms with Crippen LogP contribution in [-0.2, 0) is 13.0 Å². The number of nitrogens with zero attached hydrogens (tertiary/aromatic N) is 2. The molecular weight excluding hydrogens is 293 g/mol. The van der Waals surface area contributed by atoms with Crippen LogP contribution in [0.5, 0.6) is 0 Å². The fraction of sp³-hybridized carbons (Fsp3) is 0.286. The van der Waals surface area contributed by atoms with Crippen LogP contribution >= 0.6 is 11.6 Å². The van der Waals surface area contributed by atoms with Gasteiger partial charge in [-0.25, -0.2) is 20.2 Å². The summed E-state index contributed by atoms with van der Waals surface area (Å²) in [5, 5.41) is 3.30. The van der Waals surface area contributed by atoms with Crippen LogP contribution in [-0.4, -0.2) is 9.97 Å². The first kappa shape index (κ1) is 15.5. The molecule has 4 N–H and O–H groups in total. The first-order valence-corrected chi connectivity index (χ1v) is 6.94. The van der Waals surface area contributed by atoms with Crippen LogP contribution in [0.15, 0.2) is 18.2 Å². The van der Waals surface area contributed by atoms with Gasteiger partial charge in [0.1, 0.15) is 23.3 Å². The number of nitrogen functional groups attached to an aromatic ring is 1. The van der Waals surface area contributed by atoms with E-state index in [0.717, 1.165) is 11.1 Å². The van der Waals surface area contributed by atoms with Crippen molar-refractivity contribution in [3.63, 3.8) is 0 Å². The zero-order valence-electron chi connectivity index (χ0n) is 11.9. The summed E-state index contributed by atoms with van der Waals surface area (Å²) in [4.78, 5) is 8.72. The van der Waals surface area contributed by atoms with Gasteiger partial charge in [0.05, 0.1) is 5.02 Å². The SMILES string of the molecule is CCc1nc(NN)c(C)c(NCc2ccc(F)c(Cl)c2)n1. The molecule has 1 aromatic carbocycles. The van der Waals surface area contributed by atoms with E-state index in [1.165, 1.54) is 6.07 Å². The minimum absolute atomic E-state index is 0.104. The fourth-order valence-corrected chi connectivity index (χ4v) is 2.07. The molecule has 0 bridgehead atoms. The van der Waals surface area contributed by atoms with Gasteiger partial charge in [-0.2, -0.15) is 0 Å². The average molecular weight is 310 g/mol. The number of nitrogens with one attached hydrogen (secondary N) is 2. The van der Waals surface area contributed by atoms with E-state index in [2.05, 4.69) is 20.7 Å². The normalized spacial score (nSPS) is 10.5. The number of aryl methyl sites for hydroxylation is 1. The third kappa shape index (κ3) is 3.59. The van der Waals surface area contributed by atoms with Crippen LogP contribution in [0.2, 0.25) is 5.02 Å². The van der Waals surface area contributed by atoms with Crippen molar-refractivity contribution in [1.29, 1.82) is 0 Å². The maximum atomic E-state index is 13.1. The lowest BCUT2D eigenvalue weighted by Crippen LogP contribution is -2.14. The number of rotatable bonds is 5. The summed E-state index contributed by atoms with van der Waals surface area (Å²) in [6, 6.07) is 4.60. The van der Waals surface area contributed by atoms with Crippen molar-refractivity contribution in [2.24, 2.45) is 5.84 Å². The number of hydrogen-bond acceptors (Lipinski definition) is 5. The molecule has 0 aliphatic carbocycles. The molecule has 0 amide bonds. The molecule has 1 aromatic heterocycles. The van der Waals surface area contributed by atoms with Gasteiger partial charge in [0, 0.05) is 18.5 Å². The predicted molar refractivity (Wildman–Crippen MR) is 82.7 cm³/mol. The molecule has 112 valence electrons. The Hall–Kier alpha value is -1.92. The third-order valence-electron chi connectivity index (χ3n) is 3.09. The second kappa shape index (κ2) is 6.69. The van der Waals surface area contributed by atoms with E-state index in [-0.39, 0.29) is 5.02 Å². The summed E-state index contributed by atoms with van der Waals surface area (Å²) in [6.07, 6.45) is 0.700. The molecule has 0 aliphatic heterocycles. The van der Waals surface area contributed by atoms with Gasteiger partial charge in [-0.1, -0.05) is 24.6 Å². The predicted octanol–water partition coefficient (Wildman–Crippen LogP) is 3.04. The lowest BCUT2D eigenvalue weighted by Gasteiger charge is -2.13. The van der Waals surface area contributed by atoms with Crippen LogP contribution < -0.4 is 16.6 Å². The molecule has 7 heteroatoms. The Kier molecular flexibility index (Phi) is 4.93. The van der Waals surface area contributed by atoms with E-state index in [1.54, 1.807) is 12.1 Å². The molecule has 0 atom stereocenters. The Morgan fingerprint density at radius 1 is 1.29 bits per heavy atom. The zero-order chi connectivity index (χ0) is 15.4. The quantitative estimate of drug-likeness (QED) is 0.584. The van der Waals surface area contributed by atoms with Gasteiger partial charge in [-0.3, -0.25) is 0 Å². The lowest BCUT2D eigenvalue weighted by molar-refractivity contribution is 0.627. The van der Waals surface area contributed by atoms with E-state index in [9.17, 15) is 4.39 Å². The summed E-state index contributed by atoms with van der Waals surface area (Å²) in [7, 11) is 0. The monoisotopic (exact) mass is 309 g/mol. The number of benzene rings is 1. The highest BCUT2D eigenvalue weighted by Gasteiger charge is 2.09. The van der Waals surface area contributed by atoms with Crippen LogP contribution in [0.1, 0.15) is 23.9 Å². The van der Waals surface area contributed by atoms with Gasteiger partial charge in [0.25, 0.3) is 0 Å². The second-order valence-corrected chi connectivity index (χ2v) is 4.97. The number of aromatic nitrogens is 2. The smallest absolute Gasteiger partial charge is 0.148 e. The number of hydrogen-bond donors (Lipinski definition) is 3. The maximum Gasteiger partial charge on any atom is 0.148 e. The van der Waals surface area contributed by atoms with Crippen molar-refractivity contribution in [1.82, 2.24) is 9.97 Å². The molecular formula is C14H17ClFN5. The van der Waals surface area contributed by atoms with Crippen LogP contribution in [0.25, 0.3) is 0 Å². The molecule has 1 heterocycles. The minimum atomic E-state index is -0.429. The summed E-state index contributed by atoms with van der Waals surface area (Å²) in [5.41, 5.74) is 4.25. The summed E-state index contributed by atoms with van der Waals surface area (Å²) < 4.78 is 13.1. The Morgan fingerprint density at radius 2 is 2.00 bits per heavy atom. The van der Waals surface area contributed by atoms with Gasteiger partial charge < -0.3 is 10.7 Å². The van der Waals surface area contributed by atoms with Crippen LogP contribution in [0, 0.1) is 12.7 Å². The maximum absolute atomic E-state index is 13.1. The van der Waals surface area contributed by atoms with E-state index < -0.39 is 5.82 Å². The van der Waals surface area contributed by atoms with Crippen molar-refractivity contribution >= 4 is 23.2 Å². The Morgan fingerprint density at radius 3 is 2.62 bits per heavy atom. The molecule has 0 radical (unpaired) electrons. The number of anilines is 2. The van der Waals surface area contributed by atoms with E-state index in [0.29, 0.717) is 30.4 Å². The fourth-order valence-electron chi connectivity index (χ4n) is 1.87. The highest BCUT2D eigenvalue weighted by atomic mass is 35.5. The van der Waals surface area contributed by atoms with Crippen molar-refractivity contribution < 1.29 is 4.39 Å². The van der Waals surface area contributed by atoms with E-state index in [4.69, 9.17) is 17.4 Å². The summed E-state index contributed by atoms with van der Waals surface area (Å²) in [6.45, 7) is 4.31. The summed E-state index contributed by atoms with van der Waals surface area (Å²) >= 11 is 5.77. The summed E-state index contributed by atoms with van der Waals surface area (Å²) in [5.74, 6) is 6.99. The molecule has 5 nitrogen and oxygen atoms in total. The lowest BCUT2D eigenvalue weighted by atomic mass is 10.2. The number of hydrazine groups is 1.